The first-order chi connectivity index (χ1) is 10.1. The molecule has 6 heteroatoms. The molecule has 1 aliphatic rings. The molecule has 0 radical (unpaired) electrons. The molecule has 0 bridgehead atoms. The van der Waals surface area contributed by atoms with Gasteiger partial charge in [0.1, 0.15) is 6.10 Å². The first-order valence-corrected chi connectivity index (χ1v) is 7.19. The number of hydrogen-bond donors (Lipinski definition) is 3. The smallest absolute Gasteiger partial charge is 0.253 e. The Labute approximate surface area is 124 Å². The van der Waals surface area contributed by atoms with Gasteiger partial charge >= 0.3 is 0 Å². The maximum Gasteiger partial charge on any atom is 0.253 e. The van der Waals surface area contributed by atoms with Gasteiger partial charge in [0.05, 0.1) is 6.54 Å². The van der Waals surface area contributed by atoms with Crippen molar-refractivity contribution in [3.05, 3.63) is 23.8 Å². The van der Waals surface area contributed by atoms with Crippen LogP contribution in [-0.4, -0.2) is 31.1 Å². The first-order valence-electron chi connectivity index (χ1n) is 7.19. The molecule has 2 amide bonds. The van der Waals surface area contributed by atoms with E-state index in [2.05, 4.69) is 10.6 Å². The van der Waals surface area contributed by atoms with Crippen molar-refractivity contribution in [3.8, 4) is 0 Å². The maximum atomic E-state index is 12.0. The van der Waals surface area contributed by atoms with Gasteiger partial charge in [-0.05, 0) is 37.0 Å². The van der Waals surface area contributed by atoms with E-state index in [0.717, 1.165) is 24.8 Å². The number of hydrogen-bond acceptors (Lipinski definition) is 4. The fourth-order valence-electron chi connectivity index (χ4n) is 2.29. The van der Waals surface area contributed by atoms with Gasteiger partial charge in [-0.2, -0.15) is 0 Å². The summed E-state index contributed by atoms with van der Waals surface area (Å²) in [6.45, 7) is 2.55. The topological polar surface area (TPSA) is 93.5 Å². The third kappa shape index (κ3) is 4.03. The zero-order valence-corrected chi connectivity index (χ0v) is 12.1. The van der Waals surface area contributed by atoms with Crippen molar-refractivity contribution < 1.29 is 14.3 Å². The second-order valence-corrected chi connectivity index (χ2v) is 4.97. The number of rotatable bonds is 5. The molecule has 0 aliphatic carbocycles. The van der Waals surface area contributed by atoms with Gasteiger partial charge in [-0.25, -0.2) is 0 Å². The van der Waals surface area contributed by atoms with Crippen LogP contribution in [0.4, 0.5) is 11.4 Å². The van der Waals surface area contributed by atoms with Crippen molar-refractivity contribution in [2.75, 3.05) is 23.8 Å². The largest absolute Gasteiger partial charge is 0.368 e. The quantitative estimate of drug-likeness (QED) is 0.761. The Hall–Kier alpha value is -1.92. The molecule has 2 rings (SSSR count). The summed E-state index contributed by atoms with van der Waals surface area (Å²) in [5, 5.41) is 5.57. The molecule has 1 heterocycles. The molecule has 0 spiro atoms. The Morgan fingerprint density at radius 3 is 2.81 bits per heavy atom. The summed E-state index contributed by atoms with van der Waals surface area (Å²) in [5.74, 6) is -0.403. The van der Waals surface area contributed by atoms with Gasteiger partial charge in [0.25, 0.3) is 5.91 Å². The van der Waals surface area contributed by atoms with Gasteiger partial charge < -0.3 is 21.1 Å². The zero-order chi connectivity index (χ0) is 15.2. The summed E-state index contributed by atoms with van der Waals surface area (Å²) in [6.07, 6.45) is 2.05. The number of ether oxygens (including phenoxy) is 1. The van der Waals surface area contributed by atoms with E-state index in [1.807, 2.05) is 19.1 Å². The van der Waals surface area contributed by atoms with Crippen molar-refractivity contribution in [1.82, 2.24) is 0 Å². The van der Waals surface area contributed by atoms with Crippen molar-refractivity contribution in [2.45, 2.75) is 32.3 Å². The third-order valence-corrected chi connectivity index (χ3v) is 3.44. The zero-order valence-electron chi connectivity index (χ0n) is 12.1. The van der Waals surface area contributed by atoms with Crippen LogP contribution in [-0.2, 0) is 20.7 Å². The molecule has 114 valence electrons. The molecular formula is C15H21N3O3. The Bertz CT molecular complexity index is 525. The molecule has 0 saturated carbocycles. The number of benzene rings is 1. The Morgan fingerprint density at radius 2 is 2.19 bits per heavy atom. The van der Waals surface area contributed by atoms with Crippen LogP contribution in [0.3, 0.4) is 0 Å². The molecule has 1 fully saturated rings. The Balaban J connectivity index is 2.10. The number of amides is 2. The average molecular weight is 291 g/mol. The van der Waals surface area contributed by atoms with Gasteiger partial charge in [0, 0.05) is 18.0 Å². The van der Waals surface area contributed by atoms with Crippen LogP contribution in [0.2, 0.25) is 0 Å². The molecule has 21 heavy (non-hydrogen) atoms. The molecule has 1 saturated heterocycles. The SMILES string of the molecule is CCc1ccc(NC(=O)C2CCCO2)cc1NC(=O)CN. The number of carbonyl (C=O) groups excluding carboxylic acids is 2. The Kier molecular flexibility index (Phi) is 5.30. The number of nitrogens with one attached hydrogen (secondary N) is 2. The summed E-state index contributed by atoms with van der Waals surface area (Å²) < 4.78 is 5.35. The van der Waals surface area contributed by atoms with Gasteiger partial charge in [0.2, 0.25) is 5.91 Å². The molecule has 0 aromatic heterocycles. The first kappa shape index (κ1) is 15.5. The van der Waals surface area contributed by atoms with Crippen molar-refractivity contribution in [2.24, 2.45) is 5.73 Å². The summed E-state index contributed by atoms with van der Waals surface area (Å²) in [5.41, 5.74) is 7.62. The second kappa shape index (κ2) is 7.19. The molecule has 1 unspecified atom stereocenters. The third-order valence-electron chi connectivity index (χ3n) is 3.44. The predicted octanol–water partition coefficient (Wildman–Crippen LogP) is 1.26. The van der Waals surface area contributed by atoms with E-state index in [4.69, 9.17) is 10.5 Å². The normalized spacial score (nSPS) is 17.5. The lowest BCUT2D eigenvalue weighted by Crippen LogP contribution is -2.27. The monoisotopic (exact) mass is 291 g/mol. The van der Waals surface area contributed by atoms with E-state index in [1.165, 1.54) is 0 Å². The van der Waals surface area contributed by atoms with Crippen molar-refractivity contribution >= 4 is 23.2 Å². The standard InChI is InChI=1S/C15H21N3O3/c1-2-10-5-6-11(8-12(10)18-14(19)9-16)17-15(20)13-4-3-7-21-13/h5-6,8,13H,2-4,7,9,16H2,1H3,(H,17,20)(H,18,19). The van der Waals surface area contributed by atoms with Crippen LogP contribution in [0.1, 0.15) is 25.3 Å². The number of aryl methyl sites for hydroxylation is 1. The number of anilines is 2. The Morgan fingerprint density at radius 1 is 1.38 bits per heavy atom. The molecule has 1 aromatic carbocycles. The summed E-state index contributed by atoms with van der Waals surface area (Å²) in [6, 6.07) is 5.46. The molecule has 1 aromatic rings. The minimum atomic E-state index is -0.377. The van der Waals surface area contributed by atoms with E-state index >= 15 is 0 Å². The van der Waals surface area contributed by atoms with Crippen LogP contribution in [0.25, 0.3) is 0 Å². The highest BCUT2D eigenvalue weighted by atomic mass is 16.5. The van der Waals surface area contributed by atoms with Gasteiger partial charge in [-0.15, -0.1) is 0 Å². The highest BCUT2D eigenvalue weighted by molar-refractivity contribution is 5.97. The van der Waals surface area contributed by atoms with E-state index in [-0.39, 0.29) is 24.5 Å². The summed E-state index contributed by atoms with van der Waals surface area (Å²) in [4.78, 5) is 23.5. The fraction of sp³-hybridized carbons (Fsp3) is 0.467. The van der Waals surface area contributed by atoms with Gasteiger partial charge in [-0.3, -0.25) is 9.59 Å². The molecular weight excluding hydrogens is 270 g/mol. The molecule has 1 atom stereocenters. The predicted molar refractivity (Wildman–Crippen MR) is 81.1 cm³/mol. The number of nitrogens with two attached hydrogens (primary N) is 1. The van der Waals surface area contributed by atoms with Crippen LogP contribution in [0.15, 0.2) is 18.2 Å². The fourth-order valence-corrected chi connectivity index (χ4v) is 2.29. The van der Waals surface area contributed by atoms with Crippen LogP contribution in [0, 0.1) is 0 Å². The van der Waals surface area contributed by atoms with E-state index < -0.39 is 0 Å². The lowest BCUT2D eigenvalue weighted by atomic mass is 10.1. The lowest BCUT2D eigenvalue weighted by molar-refractivity contribution is -0.124. The lowest BCUT2D eigenvalue weighted by Gasteiger charge is -2.14. The summed E-state index contributed by atoms with van der Waals surface area (Å²) in [7, 11) is 0. The van der Waals surface area contributed by atoms with Gasteiger partial charge in [-0.1, -0.05) is 13.0 Å². The van der Waals surface area contributed by atoms with Crippen molar-refractivity contribution in [1.29, 1.82) is 0 Å². The van der Waals surface area contributed by atoms with E-state index in [0.29, 0.717) is 18.0 Å². The van der Waals surface area contributed by atoms with Crippen LogP contribution < -0.4 is 16.4 Å². The minimum absolute atomic E-state index is 0.0738. The molecule has 6 nitrogen and oxygen atoms in total. The highest BCUT2D eigenvalue weighted by Gasteiger charge is 2.23. The average Bonchev–Trinajstić information content (AvgIpc) is 3.01. The summed E-state index contributed by atoms with van der Waals surface area (Å²) >= 11 is 0. The highest BCUT2D eigenvalue weighted by Crippen LogP contribution is 2.23. The van der Waals surface area contributed by atoms with E-state index in [9.17, 15) is 9.59 Å². The van der Waals surface area contributed by atoms with E-state index in [1.54, 1.807) is 6.07 Å². The number of carbonyl (C=O) groups is 2. The van der Waals surface area contributed by atoms with Gasteiger partial charge in [0.15, 0.2) is 0 Å². The minimum Gasteiger partial charge on any atom is -0.368 e. The van der Waals surface area contributed by atoms with Crippen LogP contribution in [0.5, 0.6) is 0 Å². The van der Waals surface area contributed by atoms with Crippen LogP contribution >= 0.6 is 0 Å². The molecule has 4 N–H and O–H groups in total. The maximum absolute atomic E-state index is 12.0. The molecule has 1 aliphatic heterocycles. The van der Waals surface area contributed by atoms with Crippen molar-refractivity contribution in [3.63, 3.8) is 0 Å². The second-order valence-electron chi connectivity index (χ2n) is 4.97.